The number of hydrogen-bond donors (Lipinski definition) is 2. The Balaban J connectivity index is 1.83. The Morgan fingerprint density at radius 1 is 0.957 bits per heavy atom. The molecule has 23 heavy (non-hydrogen) atoms. The summed E-state index contributed by atoms with van der Waals surface area (Å²) in [7, 11) is 1.61. The molecule has 3 aromatic rings. The number of nitrogens with one attached hydrogen (secondary N) is 2. The fraction of sp³-hybridized carbons (Fsp3) is 0.167. The summed E-state index contributed by atoms with van der Waals surface area (Å²) in [5.74, 6) is 0.506. The summed E-state index contributed by atoms with van der Waals surface area (Å²) >= 11 is 0. The van der Waals surface area contributed by atoms with Crippen molar-refractivity contribution in [2.24, 2.45) is 0 Å². The number of methoxy groups -OCH3 is 1. The maximum Gasteiger partial charge on any atom is 0.267 e. The lowest BCUT2D eigenvalue weighted by atomic mass is 10.0. The summed E-state index contributed by atoms with van der Waals surface area (Å²) in [4.78, 5) is 12.0. The van der Waals surface area contributed by atoms with Crippen LogP contribution >= 0.6 is 0 Å². The molecule has 0 amide bonds. The second-order valence-corrected chi connectivity index (χ2v) is 5.29. The smallest absolute Gasteiger partial charge is 0.267 e. The lowest BCUT2D eigenvalue weighted by Crippen LogP contribution is -2.07. The van der Waals surface area contributed by atoms with E-state index in [9.17, 15) is 9.18 Å². The van der Waals surface area contributed by atoms with Crippen LogP contribution in [0.2, 0.25) is 0 Å². The molecule has 4 nitrogen and oxygen atoms in total. The third-order valence-corrected chi connectivity index (χ3v) is 3.83. The molecule has 2 N–H and O–H groups in total. The molecule has 0 atom stereocenters. The lowest BCUT2D eigenvalue weighted by molar-refractivity contribution is 0.415. The quantitative estimate of drug-likeness (QED) is 0.759. The van der Waals surface area contributed by atoms with Crippen molar-refractivity contribution < 1.29 is 9.13 Å². The van der Waals surface area contributed by atoms with Gasteiger partial charge in [0.2, 0.25) is 0 Å². The SMILES string of the molecule is COc1ccc(-c2[nH][nH]c(=O)c2CCc2ccc(F)cc2)cc1. The molecule has 0 unspecified atom stereocenters. The van der Waals surface area contributed by atoms with E-state index in [1.54, 1.807) is 19.2 Å². The fourth-order valence-corrected chi connectivity index (χ4v) is 2.55. The van der Waals surface area contributed by atoms with Gasteiger partial charge in [-0.05, 0) is 54.8 Å². The standard InChI is InChI=1S/C18H17FN2O2/c1-23-15-9-5-13(6-10-15)17-16(18(22)21-20-17)11-4-12-2-7-14(19)8-3-12/h2-3,5-10H,4,11H2,1H3,(H2,20,21,22). The van der Waals surface area contributed by atoms with Crippen LogP contribution in [0.1, 0.15) is 11.1 Å². The third-order valence-electron chi connectivity index (χ3n) is 3.83. The van der Waals surface area contributed by atoms with Crippen LogP contribution in [-0.4, -0.2) is 17.3 Å². The number of aromatic amines is 2. The zero-order valence-corrected chi connectivity index (χ0v) is 12.7. The van der Waals surface area contributed by atoms with Crippen LogP contribution in [0.4, 0.5) is 4.39 Å². The second kappa shape index (κ2) is 6.52. The van der Waals surface area contributed by atoms with Crippen molar-refractivity contribution in [3.63, 3.8) is 0 Å². The van der Waals surface area contributed by atoms with Crippen LogP contribution in [0, 0.1) is 5.82 Å². The van der Waals surface area contributed by atoms with Crippen molar-refractivity contribution in [1.29, 1.82) is 0 Å². The van der Waals surface area contributed by atoms with E-state index in [0.29, 0.717) is 18.4 Å². The molecule has 0 bridgehead atoms. The van der Waals surface area contributed by atoms with Gasteiger partial charge in [0, 0.05) is 11.1 Å². The van der Waals surface area contributed by atoms with Crippen LogP contribution in [0.25, 0.3) is 11.3 Å². The van der Waals surface area contributed by atoms with Gasteiger partial charge in [0.15, 0.2) is 0 Å². The Bertz CT molecular complexity index is 833. The van der Waals surface area contributed by atoms with E-state index in [4.69, 9.17) is 4.74 Å². The molecular formula is C18H17FN2O2. The van der Waals surface area contributed by atoms with Crippen molar-refractivity contribution in [2.75, 3.05) is 7.11 Å². The van der Waals surface area contributed by atoms with Crippen molar-refractivity contribution in [3.8, 4) is 17.0 Å². The summed E-state index contributed by atoms with van der Waals surface area (Å²) < 4.78 is 18.1. The summed E-state index contributed by atoms with van der Waals surface area (Å²) in [6.07, 6.45) is 1.25. The van der Waals surface area contributed by atoms with Crippen molar-refractivity contribution in [1.82, 2.24) is 10.2 Å². The van der Waals surface area contributed by atoms with Gasteiger partial charge in [0.25, 0.3) is 5.56 Å². The monoisotopic (exact) mass is 312 g/mol. The topological polar surface area (TPSA) is 57.9 Å². The minimum absolute atomic E-state index is 0.127. The molecule has 0 fully saturated rings. The van der Waals surface area contributed by atoms with E-state index in [1.165, 1.54) is 12.1 Å². The van der Waals surface area contributed by atoms with Gasteiger partial charge in [-0.1, -0.05) is 12.1 Å². The fourth-order valence-electron chi connectivity index (χ4n) is 2.55. The van der Waals surface area contributed by atoms with Crippen LogP contribution in [-0.2, 0) is 12.8 Å². The molecule has 1 heterocycles. The zero-order chi connectivity index (χ0) is 16.2. The molecule has 2 aromatic carbocycles. The highest BCUT2D eigenvalue weighted by molar-refractivity contribution is 5.63. The summed E-state index contributed by atoms with van der Waals surface area (Å²) in [5.41, 5.74) is 3.25. The first kappa shape index (κ1) is 15.1. The van der Waals surface area contributed by atoms with Gasteiger partial charge in [0.05, 0.1) is 12.8 Å². The lowest BCUT2D eigenvalue weighted by Gasteiger charge is -2.05. The number of rotatable bonds is 5. The number of H-pyrrole nitrogens is 2. The molecule has 0 aliphatic rings. The van der Waals surface area contributed by atoms with Crippen LogP contribution < -0.4 is 10.3 Å². The van der Waals surface area contributed by atoms with E-state index in [1.807, 2.05) is 24.3 Å². The Labute approximate surface area is 132 Å². The minimum Gasteiger partial charge on any atom is -0.497 e. The van der Waals surface area contributed by atoms with E-state index in [0.717, 1.165) is 22.6 Å². The number of hydrogen-bond acceptors (Lipinski definition) is 2. The Morgan fingerprint density at radius 2 is 1.65 bits per heavy atom. The van der Waals surface area contributed by atoms with Crippen molar-refractivity contribution in [2.45, 2.75) is 12.8 Å². The molecule has 0 aliphatic heterocycles. The maximum absolute atomic E-state index is 12.9. The highest BCUT2D eigenvalue weighted by atomic mass is 19.1. The molecule has 118 valence electrons. The third kappa shape index (κ3) is 3.34. The second-order valence-electron chi connectivity index (χ2n) is 5.29. The van der Waals surface area contributed by atoms with E-state index in [-0.39, 0.29) is 11.4 Å². The van der Waals surface area contributed by atoms with Gasteiger partial charge in [-0.2, -0.15) is 0 Å². The number of halogens is 1. The number of aromatic nitrogens is 2. The van der Waals surface area contributed by atoms with Crippen LogP contribution in [0.5, 0.6) is 5.75 Å². The van der Waals surface area contributed by atoms with Crippen LogP contribution in [0.3, 0.4) is 0 Å². The molecule has 3 rings (SSSR count). The van der Waals surface area contributed by atoms with E-state index in [2.05, 4.69) is 10.2 Å². The first-order chi connectivity index (χ1) is 11.2. The summed E-state index contributed by atoms with van der Waals surface area (Å²) in [5, 5.41) is 5.57. The van der Waals surface area contributed by atoms with E-state index < -0.39 is 0 Å². The molecule has 1 aromatic heterocycles. The first-order valence-corrected chi connectivity index (χ1v) is 7.36. The highest BCUT2D eigenvalue weighted by Crippen LogP contribution is 2.23. The maximum atomic E-state index is 12.9. The molecule has 0 saturated heterocycles. The van der Waals surface area contributed by atoms with Crippen LogP contribution in [0.15, 0.2) is 53.3 Å². The number of aryl methyl sites for hydroxylation is 1. The van der Waals surface area contributed by atoms with Gasteiger partial charge in [-0.25, -0.2) is 4.39 Å². The average Bonchev–Trinajstić information content (AvgIpc) is 2.95. The first-order valence-electron chi connectivity index (χ1n) is 7.36. The predicted molar refractivity (Wildman–Crippen MR) is 87.2 cm³/mol. The van der Waals surface area contributed by atoms with Gasteiger partial charge in [-0.3, -0.25) is 15.0 Å². The average molecular weight is 312 g/mol. The van der Waals surface area contributed by atoms with Gasteiger partial charge < -0.3 is 4.74 Å². The van der Waals surface area contributed by atoms with Crippen molar-refractivity contribution in [3.05, 3.63) is 75.8 Å². The minimum atomic E-state index is -0.257. The molecule has 5 heteroatoms. The number of benzene rings is 2. The molecule has 0 spiro atoms. The van der Waals surface area contributed by atoms with Crippen molar-refractivity contribution >= 4 is 0 Å². The van der Waals surface area contributed by atoms with Gasteiger partial charge >= 0.3 is 0 Å². The molecule has 0 saturated carbocycles. The molecule has 0 aliphatic carbocycles. The highest BCUT2D eigenvalue weighted by Gasteiger charge is 2.12. The predicted octanol–water partition coefficient (Wildman–Crippen LogP) is 3.30. The summed E-state index contributed by atoms with van der Waals surface area (Å²) in [6.45, 7) is 0. The Hall–Kier alpha value is -2.82. The normalized spacial score (nSPS) is 10.7. The Kier molecular flexibility index (Phi) is 4.28. The molecular weight excluding hydrogens is 295 g/mol. The van der Waals surface area contributed by atoms with Gasteiger partial charge in [-0.15, -0.1) is 0 Å². The zero-order valence-electron chi connectivity index (χ0n) is 12.7. The number of ether oxygens (including phenoxy) is 1. The van der Waals surface area contributed by atoms with Gasteiger partial charge in [0.1, 0.15) is 11.6 Å². The van der Waals surface area contributed by atoms with E-state index >= 15 is 0 Å². The largest absolute Gasteiger partial charge is 0.497 e. The Morgan fingerprint density at radius 3 is 2.30 bits per heavy atom. The summed E-state index contributed by atoms with van der Waals surface area (Å²) in [6, 6.07) is 13.8. The molecule has 0 radical (unpaired) electrons.